The largest absolute Gasteiger partial charge is 0.303 e. The van der Waals surface area contributed by atoms with Gasteiger partial charge in [0.25, 0.3) is 0 Å². The first-order valence-corrected chi connectivity index (χ1v) is 8.27. The molecule has 0 fully saturated rings. The Hall–Kier alpha value is -1.71. The molecule has 4 nitrogen and oxygen atoms in total. The van der Waals surface area contributed by atoms with Gasteiger partial charge < -0.3 is 4.79 Å². The number of rotatable bonds is 14. The van der Waals surface area contributed by atoms with Crippen LogP contribution in [0.25, 0.3) is 0 Å². The van der Waals surface area contributed by atoms with Gasteiger partial charge in [-0.3, -0.25) is 10.1 Å². The number of unbranched alkanes of at least 4 members (excludes halogenated alkanes) is 5. The number of nitro groups is 1. The van der Waals surface area contributed by atoms with E-state index >= 15 is 0 Å². The Morgan fingerprint density at radius 1 is 1.00 bits per heavy atom. The van der Waals surface area contributed by atoms with E-state index in [0.29, 0.717) is 19.3 Å². The first kappa shape index (κ1) is 20.3. The predicted octanol–water partition coefficient (Wildman–Crippen LogP) is 5.03. The fraction of sp³-hybridized carbons (Fsp3) is 0.611. The third kappa shape index (κ3) is 13.3. The average Bonchev–Trinajstić information content (AvgIpc) is 2.50. The van der Waals surface area contributed by atoms with Crippen molar-refractivity contribution in [1.29, 1.82) is 0 Å². The summed E-state index contributed by atoms with van der Waals surface area (Å²) in [5, 5.41) is 10.9. The number of allylic oxidation sites excluding steroid dienone is 5. The zero-order chi connectivity index (χ0) is 16.5. The molecule has 0 aliphatic carbocycles. The Morgan fingerprint density at radius 3 is 2.45 bits per heavy atom. The second kappa shape index (κ2) is 15.7. The minimum atomic E-state index is -0.652. The maximum Gasteiger partial charge on any atom is 0.231 e. The van der Waals surface area contributed by atoms with Crippen molar-refractivity contribution in [2.24, 2.45) is 0 Å². The summed E-state index contributed by atoms with van der Waals surface area (Å²) in [6, 6.07) is -0.652. The molecule has 0 aromatic carbocycles. The summed E-state index contributed by atoms with van der Waals surface area (Å²) in [5.41, 5.74) is 0. The van der Waals surface area contributed by atoms with Crippen molar-refractivity contribution in [3.63, 3.8) is 0 Å². The van der Waals surface area contributed by atoms with E-state index in [1.54, 1.807) is 12.2 Å². The fourth-order valence-corrected chi connectivity index (χ4v) is 2.01. The molecule has 0 heterocycles. The Kier molecular flexibility index (Phi) is 14.5. The Bertz CT molecular complexity index is 373. The highest BCUT2D eigenvalue weighted by Gasteiger charge is 2.14. The van der Waals surface area contributed by atoms with E-state index in [9.17, 15) is 14.9 Å². The van der Waals surface area contributed by atoms with Crippen molar-refractivity contribution in [1.82, 2.24) is 0 Å². The topological polar surface area (TPSA) is 60.2 Å². The Labute approximate surface area is 134 Å². The van der Waals surface area contributed by atoms with Crippen LogP contribution in [0, 0.1) is 10.1 Å². The van der Waals surface area contributed by atoms with Gasteiger partial charge in [-0.1, -0.05) is 50.1 Å². The summed E-state index contributed by atoms with van der Waals surface area (Å²) in [6.07, 6.45) is 20.6. The van der Waals surface area contributed by atoms with Crippen molar-refractivity contribution in [3.05, 3.63) is 46.6 Å². The lowest BCUT2D eigenvalue weighted by Crippen LogP contribution is -2.16. The van der Waals surface area contributed by atoms with Crippen LogP contribution in [0.5, 0.6) is 0 Å². The summed E-state index contributed by atoms with van der Waals surface area (Å²) in [7, 11) is 0. The maximum atomic E-state index is 10.9. The average molecular weight is 307 g/mol. The van der Waals surface area contributed by atoms with Gasteiger partial charge >= 0.3 is 0 Å². The molecule has 22 heavy (non-hydrogen) atoms. The fourth-order valence-electron chi connectivity index (χ4n) is 2.01. The maximum absolute atomic E-state index is 10.9. The summed E-state index contributed by atoms with van der Waals surface area (Å²) in [5.74, 6) is 0. The molecule has 0 aromatic rings. The molecular formula is C18H29NO3. The molecule has 0 rings (SSSR count). The van der Waals surface area contributed by atoms with Crippen molar-refractivity contribution in [3.8, 4) is 0 Å². The van der Waals surface area contributed by atoms with Crippen LogP contribution in [0.4, 0.5) is 0 Å². The molecule has 0 aliphatic heterocycles. The van der Waals surface area contributed by atoms with Gasteiger partial charge in [-0.05, 0) is 38.2 Å². The van der Waals surface area contributed by atoms with Crippen LogP contribution >= 0.6 is 0 Å². The van der Waals surface area contributed by atoms with Gasteiger partial charge in [0, 0.05) is 17.8 Å². The third-order valence-corrected chi connectivity index (χ3v) is 3.34. The molecule has 1 atom stereocenters. The van der Waals surface area contributed by atoms with Gasteiger partial charge in [-0.15, -0.1) is 0 Å². The van der Waals surface area contributed by atoms with Gasteiger partial charge in [0.2, 0.25) is 6.04 Å². The normalized spacial score (nSPS) is 13.3. The summed E-state index contributed by atoms with van der Waals surface area (Å²) < 4.78 is 0. The van der Waals surface area contributed by atoms with E-state index in [1.807, 2.05) is 12.2 Å². The molecule has 0 radical (unpaired) electrons. The molecule has 0 aliphatic rings. The molecule has 0 bridgehead atoms. The van der Waals surface area contributed by atoms with Gasteiger partial charge in [-0.25, -0.2) is 0 Å². The van der Waals surface area contributed by atoms with Crippen LogP contribution in [0.15, 0.2) is 36.5 Å². The highest BCUT2D eigenvalue weighted by molar-refractivity contribution is 5.48. The number of nitrogens with zero attached hydrogens (tertiary/aromatic N) is 1. The van der Waals surface area contributed by atoms with Crippen molar-refractivity contribution >= 4 is 6.29 Å². The SMILES string of the molecule is CCCCC/C=C/C/C=C/C=C/C(CCCCC=O)[N+](=O)[O-]. The second-order valence-corrected chi connectivity index (χ2v) is 5.32. The van der Waals surface area contributed by atoms with Gasteiger partial charge in [0.05, 0.1) is 0 Å². The number of carbonyl (C=O) groups is 1. The van der Waals surface area contributed by atoms with Gasteiger partial charge in [0.15, 0.2) is 0 Å². The van der Waals surface area contributed by atoms with Crippen LogP contribution < -0.4 is 0 Å². The van der Waals surface area contributed by atoms with Gasteiger partial charge in [-0.2, -0.15) is 0 Å². The van der Waals surface area contributed by atoms with E-state index in [4.69, 9.17) is 0 Å². The summed E-state index contributed by atoms with van der Waals surface area (Å²) in [6.45, 7) is 2.19. The lowest BCUT2D eigenvalue weighted by molar-refractivity contribution is -0.510. The second-order valence-electron chi connectivity index (χ2n) is 5.32. The monoisotopic (exact) mass is 307 g/mol. The van der Waals surface area contributed by atoms with Crippen LogP contribution in [0.2, 0.25) is 0 Å². The molecule has 124 valence electrons. The zero-order valence-electron chi connectivity index (χ0n) is 13.7. The lowest BCUT2D eigenvalue weighted by Gasteiger charge is -2.03. The van der Waals surface area contributed by atoms with Crippen LogP contribution in [-0.2, 0) is 4.79 Å². The van der Waals surface area contributed by atoms with Crippen molar-refractivity contribution < 1.29 is 9.72 Å². The molecule has 0 N–H and O–H groups in total. The molecule has 0 saturated carbocycles. The quantitative estimate of drug-likeness (QED) is 0.113. The third-order valence-electron chi connectivity index (χ3n) is 3.34. The molecular weight excluding hydrogens is 278 g/mol. The Balaban J connectivity index is 3.90. The standard InChI is InChI=1S/C18H29NO3/c1-2-3-4-5-6-7-8-9-10-12-15-18(19(21)22)16-13-11-14-17-20/h6-7,9-10,12,15,17-18H,2-5,8,11,13-14,16H2,1H3/b7-6+,10-9+,15-12+. The van der Waals surface area contributed by atoms with E-state index < -0.39 is 6.04 Å². The minimum absolute atomic E-state index is 0.265. The number of hydrogen-bond donors (Lipinski definition) is 0. The molecule has 1 unspecified atom stereocenters. The van der Waals surface area contributed by atoms with E-state index in [0.717, 1.165) is 25.5 Å². The smallest absolute Gasteiger partial charge is 0.231 e. The highest BCUT2D eigenvalue weighted by Crippen LogP contribution is 2.07. The Morgan fingerprint density at radius 2 is 1.77 bits per heavy atom. The summed E-state index contributed by atoms with van der Waals surface area (Å²) in [4.78, 5) is 20.8. The first-order valence-electron chi connectivity index (χ1n) is 8.27. The van der Waals surface area contributed by atoms with Crippen LogP contribution in [-0.4, -0.2) is 17.3 Å². The van der Waals surface area contributed by atoms with Crippen LogP contribution in [0.3, 0.4) is 0 Å². The van der Waals surface area contributed by atoms with Gasteiger partial charge in [0.1, 0.15) is 6.29 Å². The van der Waals surface area contributed by atoms with E-state index in [-0.39, 0.29) is 4.92 Å². The number of hydrogen-bond acceptors (Lipinski definition) is 3. The van der Waals surface area contributed by atoms with Crippen molar-refractivity contribution in [2.75, 3.05) is 0 Å². The molecule has 0 saturated heterocycles. The lowest BCUT2D eigenvalue weighted by atomic mass is 10.1. The number of carbonyl (C=O) groups excluding carboxylic acids is 1. The first-order chi connectivity index (χ1) is 10.7. The minimum Gasteiger partial charge on any atom is -0.303 e. The molecule has 4 heteroatoms. The van der Waals surface area contributed by atoms with E-state index in [2.05, 4.69) is 19.1 Å². The molecule has 0 spiro atoms. The predicted molar refractivity (Wildman–Crippen MR) is 91.5 cm³/mol. The molecule has 0 aromatic heterocycles. The summed E-state index contributed by atoms with van der Waals surface area (Å²) >= 11 is 0. The number of aldehydes is 1. The van der Waals surface area contributed by atoms with E-state index in [1.165, 1.54) is 19.3 Å². The molecule has 0 amide bonds. The zero-order valence-corrected chi connectivity index (χ0v) is 13.7. The highest BCUT2D eigenvalue weighted by atomic mass is 16.6. The van der Waals surface area contributed by atoms with Crippen molar-refractivity contribution in [2.45, 2.75) is 70.8 Å². The van der Waals surface area contributed by atoms with Crippen LogP contribution in [0.1, 0.15) is 64.7 Å².